The summed E-state index contributed by atoms with van der Waals surface area (Å²) in [6.45, 7) is 2.60. The summed E-state index contributed by atoms with van der Waals surface area (Å²) in [5, 5.41) is 9.02. The Morgan fingerprint density at radius 3 is 2.76 bits per heavy atom. The molecule has 17 heavy (non-hydrogen) atoms. The van der Waals surface area contributed by atoms with Gasteiger partial charge in [-0.25, -0.2) is 4.39 Å². The maximum Gasteiger partial charge on any atom is 0.125 e. The van der Waals surface area contributed by atoms with Crippen molar-refractivity contribution in [1.29, 1.82) is 0 Å². The highest BCUT2D eigenvalue weighted by Crippen LogP contribution is 2.15. The molecule has 0 spiro atoms. The molecular weight excluding hydrogens is 219 g/mol. The Balaban J connectivity index is 2.42. The number of halogens is 1. The highest BCUT2D eigenvalue weighted by molar-refractivity contribution is 5.45. The summed E-state index contributed by atoms with van der Waals surface area (Å²) in [7, 11) is 1.92. The minimum atomic E-state index is -0.525. The SMILES string of the molecule is CN(CCCC(C)(N)CO)c1cccc(F)c1. The van der Waals surface area contributed by atoms with Crippen molar-refractivity contribution in [2.75, 3.05) is 25.1 Å². The molecule has 1 unspecified atom stereocenters. The summed E-state index contributed by atoms with van der Waals surface area (Å²) in [5.74, 6) is -0.228. The third kappa shape index (κ3) is 4.71. The molecule has 4 heteroatoms. The zero-order valence-corrected chi connectivity index (χ0v) is 10.5. The first-order valence-corrected chi connectivity index (χ1v) is 5.81. The van der Waals surface area contributed by atoms with Crippen molar-refractivity contribution in [3.63, 3.8) is 0 Å². The Labute approximate surface area is 102 Å². The van der Waals surface area contributed by atoms with Crippen LogP contribution in [0.25, 0.3) is 0 Å². The van der Waals surface area contributed by atoms with Crippen LogP contribution >= 0.6 is 0 Å². The third-order valence-electron chi connectivity index (χ3n) is 2.85. The molecular formula is C13H21FN2O. The number of hydrogen-bond donors (Lipinski definition) is 2. The molecule has 3 nitrogen and oxygen atoms in total. The lowest BCUT2D eigenvalue weighted by Gasteiger charge is -2.24. The van der Waals surface area contributed by atoms with Crippen molar-refractivity contribution in [2.45, 2.75) is 25.3 Å². The van der Waals surface area contributed by atoms with Crippen molar-refractivity contribution < 1.29 is 9.50 Å². The minimum Gasteiger partial charge on any atom is -0.394 e. The molecule has 3 N–H and O–H groups in total. The maximum absolute atomic E-state index is 13.0. The predicted octanol–water partition coefficient (Wildman–Crippen LogP) is 1.75. The molecule has 96 valence electrons. The molecule has 1 aromatic carbocycles. The second-order valence-electron chi connectivity index (χ2n) is 4.82. The van der Waals surface area contributed by atoms with Gasteiger partial charge < -0.3 is 15.7 Å². The smallest absolute Gasteiger partial charge is 0.125 e. The van der Waals surface area contributed by atoms with Gasteiger partial charge in [-0.15, -0.1) is 0 Å². The Hall–Kier alpha value is -1.13. The lowest BCUT2D eigenvalue weighted by atomic mass is 9.98. The molecule has 0 radical (unpaired) electrons. The van der Waals surface area contributed by atoms with E-state index in [2.05, 4.69) is 0 Å². The predicted molar refractivity (Wildman–Crippen MR) is 68.6 cm³/mol. The van der Waals surface area contributed by atoms with Crippen LogP contribution in [0, 0.1) is 5.82 Å². The van der Waals surface area contributed by atoms with Crippen LogP contribution in [0.4, 0.5) is 10.1 Å². The van der Waals surface area contributed by atoms with Crippen LogP contribution in [0.5, 0.6) is 0 Å². The van der Waals surface area contributed by atoms with Gasteiger partial charge in [-0.3, -0.25) is 0 Å². The van der Waals surface area contributed by atoms with Crippen LogP contribution in [0.1, 0.15) is 19.8 Å². The van der Waals surface area contributed by atoms with E-state index in [1.165, 1.54) is 12.1 Å². The summed E-state index contributed by atoms with van der Waals surface area (Å²) < 4.78 is 13.0. The van der Waals surface area contributed by atoms with E-state index >= 15 is 0 Å². The number of nitrogens with zero attached hydrogens (tertiary/aromatic N) is 1. The van der Waals surface area contributed by atoms with Crippen LogP contribution in [0.15, 0.2) is 24.3 Å². The average molecular weight is 240 g/mol. The first kappa shape index (κ1) is 13.9. The van der Waals surface area contributed by atoms with E-state index in [1.807, 2.05) is 24.9 Å². The monoisotopic (exact) mass is 240 g/mol. The Morgan fingerprint density at radius 1 is 1.47 bits per heavy atom. The van der Waals surface area contributed by atoms with E-state index in [9.17, 15) is 4.39 Å². The summed E-state index contributed by atoms with van der Waals surface area (Å²) in [6.07, 6.45) is 1.60. The number of aliphatic hydroxyl groups is 1. The van der Waals surface area contributed by atoms with Gasteiger partial charge >= 0.3 is 0 Å². The second-order valence-corrected chi connectivity index (χ2v) is 4.82. The average Bonchev–Trinajstić information content (AvgIpc) is 2.28. The number of rotatable bonds is 6. The Kier molecular flexibility index (Phi) is 4.90. The van der Waals surface area contributed by atoms with Gasteiger partial charge in [0.2, 0.25) is 0 Å². The van der Waals surface area contributed by atoms with Gasteiger partial charge in [-0.05, 0) is 38.0 Å². The van der Waals surface area contributed by atoms with E-state index in [0.717, 1.165) is 25.1 Å². The Morgan fingerprint density at radius 2 is 2.18 bits per heavy atom. The fourth-order valence-electron chi connectivity index (χ4n) is 1.64. The number of aliphatic hydroxyl groups excluding tert-OH is 1. The lowest BCUT2D eigenvalue weighted by Crippen LogP contribution is -2.40. The fraction of sp³-hybridized carbons (Fsp3) is 0.538. The molecule has 1 rings (SSSR count). The largest absolute Gasteiger partial charge is 0.394 e. The van der Waals surface area contributed by atoms with Gasteiger partial charge in [0, 0.05) is 24.8 Å². The molecule has 1 aromatic rings. The van der Waals surface area contributed by atoms with Gasteiger partial charge in [0.15, 0.2) is 0 Å². The number of nitrogens with two attached hydrogens (primary N) is 1. The van der Waals surface area contributed by atoms with Gasteiger partial charge in [0.05, 0.1) is 6.61 Å². The topological polar surface area (TPSA) is 49.5 Å². The fourth-order valence-corrected chi connectivity index (χ4v) is 1.64. The highest BCUT2D eigenvalue weighted by atomic mass is 19.1. The van der Waals surface area contributed by atoms with Crippen LogP contribution < -0.4 is 10.6 Å². The molecule has 0 fully saturated rings. The van der Waals surface area contributed by atoms with Crippen LogP contribution in [-0.2, 0) is 0 Å². The second kappa shape index (κ2) is 5.98. The summed E-state index contributed by atoms with van der Waals surface area (Å²) >= 11 is 0. The zero-order valence-electron chi connectivity index (χ0n) is 10.5. The van der Waals surface area contributed by atoms with E-state index in [1.54, 1.807) is 6.07 Å². The number of benzene rings is 1. The molecule has 0 saturated heterocycles. The third-order valence-corrected chi connectivity index (χ3v) is 2.85. The molecule has 0 amide bonds. The van der Waals surface area contributed by atoms with Crippen molar-refractivity contribution >= 4 is 5.69 Å². The van der Waals surface area contributed by atoms with Crippen molar-refractivity contribution in [3.8, 4) is 0 Å². The lowest BCUT2D eigenvalue weighted by molar-refractivity contribution is 0.199. The molecule has 1 atom stereocenters. The quantitative estimate of drug-likeness (QED) is 0.796. The van der Waals surface area contributed by atoms with Crippen molar-refractivity contribution in [2.24, 2.45) is 5.73 Å². The molecule has 0 saturated carbocycles. The number of anilines is 1. The minimum absolute atomic E-state index is 0.0172. The summed E-state index contributed by atoms with van der Waals surface area (Å²) in [4.78, 5) is 1.98. The van der Waals surface area contributed by atoms with E-state index in [-0.39, 0.29) is 12.4 Å². The first-order chi connectivity index (χ1) is 7.94. The molecule has 0 aromatic heterocycles. The normalized spacial score (nSPS) is 14.4. The molecule has 0 bridgehead atoms. The van der Waals surface area contributed by atoms with Crippen LogP contribution in [0.3, 0.4) is 0 Å². The van der Waals surface area contributed by atoms with Gasteiger partial charge in [0.25, 0.3) is 0 Å². The molecule has 0 aliphatic carbocycles. The highest BCUT2D eigenvalue weighted by Gasteiger charge is 2.16. The van der Waals surface area contributed by atoms with Crippen molar-refractivity contribution in [3.05, 3.63) is 30.1 Å². The van der Waals surface area contributed by atoms with Gasteiger partial charge in [-0.2, -0.15) is 0 Å². The standard InChI is InChI=1S/C13H21FN2O/c1-13(15,10-17)7-4-8-16(2)12-6-3-5-11(14)9-12/h3,5-6,9,17H,4,7-8,10,15H2,1-2H3. The molecule has 0 aliphatic rings. The zero-order chi connectivity index (χ0) is 12.9. The van der Waals surface area contributed by atoms with Crippen LogP contribution in [-0.4, -0.2) is 30.8 Å². The van der Waals surface area contributed by atoms with Gasteiger partial charge in [0.1, 0.15) is 5.82 Å². The van der Waals surface area contributed by atoms with E-state index in [4.69, 9.17) is 10.8 Å². The molecule has 0 heterocycles. The van der Waals surface area contributed by atoms with E-state index < -0.39 is 5.54 Å². The summed E-state index contributed by atoms with van der Waals surface area (Å²) in [6, 6.07) is 6.51. The first-order valence-electron chi connectivity index (χ1n) is 5.81. The maximum atomic E-state index is 13.0. The molecule has 0 aliphatic heterocycles. The summed E-state index contributed by atoms with van der Waals surface area (Å²) in [5.41, 5.74) is 6.17. The van der Waals surface area contributed by atoms with Crippen molar-refractivity contribution in [1.82, 2.24) is 0 Å². The Bertz CT molecular complexity index is 355. The van der Waals surface area contributed by atoms with E-state index in [0.29, 0.717) is 0 Å². The number of hydrogen-bond acceptors (Lipinski definition) is 3. The van der Waals surface area contributed by atoms with Crippen LogP contribution in [0.2, 0.25) is 0 Å². The van der Waals surface area contributed by atoms with Gasteiger partial charge in [-0.1, -0.05) is 6.07 Å².